The van der Waals surface area contributed by atoms with Crippen LogP contribution in [0, 0.1) is 11.3 Å². The Bertz CT molecular complexity index is 617. The van der Waals surface area contributed by atoms with E-state index in [2.05, 4.69) is 10.6 Å². The molecule has 0 atom stereocenters. The maximum atomic E-state index is 11.7. The quantitative estimate of drug-likeness (QED) is 0.515. The van der Waals surface area contributed by atoms with E-state index in [1.54, 1.807) is 12.1 Å². The lowest BCUT2D eigenvalue weighted by Crippen LogP contribution is -2.27. The van der Waals surface area contributed by atoms with Crippen molar-refractivity contribution in [2.75, 3.05) is 30.9 Å². The van der Waals surface area contributed by atoms with Crippen LogP contribution in [0.15, 0.2) is 36.0 Å². The SMILES string of the molecule is CN(C)c1cccc(N/C=C(/C#N)C(=O)NCCC(=O)O)c1. The second kappa shape index (κ2) is 8.32. The van der Waals surface area contributed by atoms with Crippen molar-refractivity contribution in [2.45, 2.75) is 6.42 Å². The van der Waals surface area contributed by atoms with E-state index in [0.29, 0.717) is 0 Å². The van der Waals surface area contributed by atoms with Crippen LogP contribution in [-0.4, -0.2) is 37.6 Å². The summed E-state index contributed by atoms with van der Waals surface area (Å²) in [6.07, 6.45) is 1.10. The lowest BCUT2D eigenvalue weighted by atomic mass is 10.2. The highest BCUT2D eigenvalue weighted by Gasteiger charge is 2.09. The van der Waals surface area contributed by atoms with Gasteiger partial charge in [0.15, 0.2) is 0 Å². The number of benzene rings is 1. The van der Waals surface area contributed by atoms with Crippen molar-refractivity contribution in [2.24, 2.45) is 0 Å². The Morgan fingerprint density at radius 1 is 1.41 bits per heavy atom. The number of carbonyl (C=O) groups excluding carboxylic acids is 1. The fourth-order valence-corrected chi connectivity index (χ4v) is 1.56. The van der Waals surface area contributed by atoms with Crippen molar-refractivity contribution >= 4 is 23.3 Å². The first-order valence-electron chi connectivity index (χ1n) is 6.58. The molecule has 7 nitrogen and oxygen atoms in total. The van der Waals surface area contributed by atoms with Crippen molar-refractivity contribution < 1.29 is 14.7 Å². The average Bonchev–Trinajstić information content (AvgIpc) is 2.47. The second-order valence-electron chi connectivity index (χ2n) is 4.66. The van der Waals surface area contributed by atoms with Crippen LogP contribution < -0.4 is 15.5 Å². The largest absolute Gasteiger partial charge is 0.481 e. The van der Waals surface area contributed by atoms with Gasteiger partial charge in [0.05, 0.1) is 6.42 Å². The van der Waals surface area contributed by atoms with Gasteiger partial charge in [-0.3, -0.25) is 9.59 Å². The predicted octanol–water partition coefficient (Wildman–Crippen LogP) is 1.16. The first-order valence-corrected chi connectivity index (χ1v) is 6.58. The normalized spacial score (nSPS) is 10.5. The number of anilines is 2. The molecule has 1 aromatic carbocycles. The molecule has 0 bridgehead atoms. The van der Waals surface area contributed by atoms with E-state index < -0.39 is 11.9 Å². The number of hydrogen-bond acceptors (Lipinski definition) is 5. The molecule has 0 radical (unpaired) electrons. The topological polar surface area (TPSA) is 105 Å². The molecule has 116 valence electrons. The van der Waals surface area contributed by atoms with Crippen LogP contribution in [0.1, 0.15) is 6.42 Å². The molecule has 0 saturated carbocycles. The highest BCUT2D eigenvalue weighted by Crippen LogP contribution is 2.17. The number of hydrogen-bond donors (Lipinski definition) is 3. The molecular formula is C15H18N4O3. The van der Waals surface area contributed by atoms with Crippen LogP contribution in [0.25, 0.3) is 0 Å². The van der Waals surface area contributed by atoms with Gasteiger partial charge >= 0.3 is 5.97 Å². The van der Waals surface area contributed by atoms with Crippen molar-refractivity contribution in [3.63, 3.8) is 0 Å². The third-order valence-electron chi connectivity index (χ3n) is 2.74. The van der Waals surface area contributed by atoms with E-state index in [9.17, 15) is 9.59 Å². The van der Waals surface area contributed by atoms with Gasteiger partial charge in [-0.25, -0.2) is 0 Å². The number of carboxylic acid groups (broad SMARTS) is 1. The zero-order valence-corrected chi connectivity index (χ0v) is 12.5. The van der Waals surface area contributed by atoms with Crippen LogP contribution in [0.4, 0.5) is 11.4 Å². The van der Waals surface area contributed by atoms with E-state index >= 15 is 0 Å². The summed E-state index contributed by atoms with van der Waals surface area (Å²) in [5, 5.41) is 22.7. The summed E-state index contributed by atoms with van der Waals surface area (Å²) in [7, 11) is 3.82. The highest BCUT2D eigenvalue weighted by atomic mass is 16.4. The number of nitriles is 1. The van der Waals surface area contributed by atoms with Gasteiger partial charge in [0.1, 0.15) is 11.6 Å². The molecule has 0 saturated heterocycles. The summed E-state index contributed by atoms with van der Waals surface area (Å²) >= 11 is 0. The van der Waals surface area contributed by atoms with Crippen LogP contribution in [0.3, 0.4) is 0 Å². The maximum Gasteiger partial charge on any atom is 0.305 e. The summed E-state index contributed by atoms with van der Waals surface area (Å²) in [6, 6.07) is 9.23. The van der Waals surface area contributed by atoms with Crippen molar-refractivity contribution in [3.8, 4) is 6.07 Å². The molecule has 1 rings (SSSR count). The molecule has 0 aliphatic heterocycles. The minimum absolute atomic E-state index is 0.0245. The number of amides is 1. The Balaban J connectivity index is 2.69. The molecule has 0 aliphatic rings. The predicted molar refractivity (Wildman–Crippen MR) is 83.4 cm³/mol. The number of nitrogens with one attached hydrogen (secondary N) is 2. The summed E-state index contributed by atoms with van der Waals surface area (Å²) in [5.41, 5.74) is 1.58. The number of carboxylic acids is 1. The number of aliphatic carboxylic acids is 1. The zero-order valence-electron chi connectivity index (χ0n) is 12.5. The molecule has 0 heterocycles. The van der Waals surface area contributed by atoms with Gasteiger partial charge in [0, 0.05) is 38.2 Å². The van der Waals surface area contributed by atoms with Crippen LogP contribution >= 0.6 is 0 Å². The van der Waals surface area contributed by atoms with E-state index in [-0.39, 0.29) is 18.5 Å². The van der Waals surface area contributed by atoms with Gasteiger partial charge < -0.3 is 20.6 Å². The Kier molecular flexibility index (Phi) is 6.44. The van der Waals surface area contributed by atoms with E-state index in [0.717, 1.165) is 11.4 Å². The Hall–Kier alpha value is -3.01. The number of nitrogens with zero attached hydrogens (tertiary/aromatic N) is 2. The Labute approximate surface area is 128 Å². The molecule has 0 fully saturated rings. The van der Waals surface area contributed by atoms with Crippen LogP contribution in [-0.2, 0) is 9.59 Å². The third kappa shape index (κ3) is 5.54. The lowest BCUT2D eigenvalue weighted by molar-refractivity contribution is -0.136. The third-order valence-corrected chi connectivity index (χ3v) is 2.74. The molecule has 0 aliphatic carbocycles. The molecule has 0 unspecified atom stereocenters. The van der Waals surface area contributed by atoms with Gasteiger partial charge in [0.2, 0.25) is 0 Å². The fourth-order valence-electron chi connectivity index (χ4n) is 1.56. The standard InChI is InChI=1S/C15H18N4O3/c1-19(2)13-5-3-4-12(8-13)18-10-11(9-16)15(22)17-7-6-14(20)21/h3-5,8,10,18H,6-7H2,1-2H3,(H,17,22)(H,20,21)/b11-10-. The monoisotopic (exact) mass is 302 g/mol. The molecular weight excluding hydrogens is 284 g/mol. The molecule has 22 heavy (non-hydrogen) atoms. The minimum Gasteiger partial charge on any atom is -0.481 e. The van der Waals surface area contributed by atoms with Gasteiger partial charge in [-0.1, -0.05) is 6.07 Å². The molecule has 7 heteroatoms. The summed E-state index contributed by atoms with van der Waals surface area (Å²) < 4.78 is 0. The maximum absolute atomic E-state index is 11.7. The Morgan fingerprint density at radius 3 is 2.73 bits per heavy atom. The van der Waals surface area contributed by atoms with Crippen molar-refractivity contribution in [3.05, 3.63) is 36.0 Å². The summed E-state index contributed by atoms with van der Waals surface area (Å²) in [6.45, 7) is -0.0245. The fraction of sp³-hybridized carbons (Fsp3) is 0.267. The van der Waals surface area contributed by atoms with Gasteiger partial charge in [-0.2, -0.15) is 5.26 Å². The van der Waals surface area contributed by atoms with Gasteiger partial charge in [-0.05, 0) is 18.2 Å². The van der Waals surface area contributed by atoms with Crippen LogP contribution in [0.2, 0.25) is 0 Å². The van der Waals surface area contributed by atoms with Crippen molar-refractivity contribution in [1.29, 1.82) is 5.26 Å². The summed E-state index contributed by atoms with van der Waals surface area (Å²) in [5.74, 6) is -1.62. The second-order valence-corrected chi connectivity index (χ2v) is 4.66. The molecule has 3 N–H and O–H groups in total. The first kappa shape index (κ1) is 17.0. The highest BCUT2D eigenvalue weighted by molar-refractivity contribution is 5.97. The van der Waals surface area contributed by atoms with Crippen LogP contribution in [0.5, 0.6) is 0 Å². The Morgan fingerprint density at radius 2 is 2.14 bits per heavy atom. The van der Waals surface area contributed by atoms with E-state index in [1.165, 1.54) is 6.20 Å². The lowest BCUT2D eigenvalue weighted by Gasteiger charge is -2.13. The molecule has 0 spiro atoms. The van der Waals surface area contributed by atoms with E-state index in [1.807, 2.05) is 37.2 Å². The molecule has 1 amide bonds. The van der Waals surface area contributed by atoms with Gasteiger partial charge in [0.25, 0.3) is 5.91 Å². The first-order chi connectivity index (χ1) is 10.4. The molecule has 0 aromatic heterocycles. The smallest absolute Gasteiger partial charge is 0.305 e. The number of rotatable bonds is 7. The summed E-state index contributed by atoms with van der Waals surface area (Å²) in [4.78, 5) is 24.0. The minimum atomic E-state index is -1.01. The zero-order chi connectivity index (χ0) is 16.5. The van der Waals surface area contributed by atoms with Gasteiger partial charge in [-0.15, -0.1) is 0 Å². The number of carbonyl (C=O) groups is 2. The van der Waals surface area contributed by atoms with Crippen molar-refractivity contribution in [1.82, 2.24) is 5.32 Å². The van der Waals surface area contributed by atoms with E-state index in [4.69, 9.17) is 10.4 Å². The average molecular weight is 302 g/mol. The molecule has 1 aromatic rings.